The van der Waals surface area contributed by atoms with Crippen LogP contribution in [0, 0.1) is 6.92 Å². The fourth-order valence-electron chi connectivity index (χ4n) is 1.46. The van der Waals surface area contributed by atoms with E-state index in [9.17, 15) is 4.79 Å². The van der Waals surface area contributed by atoms with Gasteiger partial charge in [0.1, 0.15) is 5.15 Å². The Morgan fingerprint density at radius 2 is 2.33 bits per heavy atom. The van der Waals surface area contributed by atoms with Gasteiger partial charge in [0.15, 0.2) is 0 Å². The number of aromatic nitrogens is 1. The minimum absolute atomic E-state index is 0.156. The number of thiophene rings is 1. The molecule has 2 aromatic heterocycles. The number of anilines is 1. The summed E-state index contributed by atoms with van der Waals surface area (Å²) in [5.74, 6) is -0.273. The van der Waals surface area contributed by atoms with Crippen LogP contribution in [0.3, 0.4) is 0 Å². The number of nitrogens with one attached hydrogen (secondary N) is 1. The SMILES string of the molecule is Cc1cscc1CNC(=O)c1cc(N)cnc1Cl. The average molecular weight is 282 g/mol. The summed E-state index contributed by atoms with van der Waals surface area (Å²) in [4.78, 5) is 15.8. The molecular weight excluding hydrogens is 270 g/mol. The van der Waals surface area contributed by atoms with Crippen LogP contribution in [0.25, 0.3) is 0 Å². The fraction of sp³-hybridized carbons (Fsp3) is 0.167. The van der Waals surface area contributed by atoms with Crippen LogP contribution in [0.15, 0.2) is 23.0 Å². The maximum Gasteiger partial charge on any atom is 0.254 e. The summed E-state index contributed by atoms with van der Waals surface area (Å²) in [6.45, 7) is 2.48. The van der Waals surface area contributed by atoms with E-state index in [1.54, 1.807) is 11.3 Å². The molecule has 2 rings (SSSR count). The highest BCUT2D eigenvalue weighted by molar-refractivity contribution is 7.08. The largest absolute Gasteiger partial charge is 0.397 e. The normalized spacial score (nSPS) is 10.3. The van der Waals surface area contributed by atoms with Crippen molar-refractivity contribution in [1.29, 1.82) is 0 Å². The molecule has 0 spiro atoms. The van der Waals surface area contributed by atoms with Crippen LogP contribution < -0.4 is 11.1 Å². The highest BCUT2D eigenvalue weighted by atomic mass is 35.5. The lowest BCUT2D eigenvalue weighted by atomic mass is 10.2. The van der Waals surface area contributed by atoms with Crippen molar-refractivity contribution >= 4 is 34.5 Å². The predicted molar refractivity (Wildman–Crippen MR) is 73.9 cm³/mol. The molecule has 0 saturated heterocycles. The Morgan fingerprint density at radius 3 is 3.00 bits per heavy atom. The Bertz CT molecular complexity index is 582. The van der Waals surface area contributed by atoms with Crippen LogP contribution in [0.4, 0.5) is 5.69 Å². The number of nitrogens with zero attached hydrogens (tertiary/aromatic N) is 1. The molecule has 0 radical (unpaired) electrons. The van der Waals surface area contributed by atoms with Gasteiger partial charge in [-0.3, -0.25) is 4.79 Å². The van der Waals surface area contributed by atoms with E-state index in [0.717, 1.165) is 11.1 Å². The number of halogens is 1. The van der Waals surface area contributed by atoms with Crippen LogP contribution in [0.1, 0.15) is 21.5 Å². The molecule has 0 saturated carbocycles. The Hall–Kier alpha value is -1.59. The number of rotatable bonds is 3. The van der Waals surface area contributed by atoms with Gasteiger partial charge in [-0.15, -0.1) is 0 Å². The minimum Gasteiger partial charge on any atom is -0.397 e. The molecule has 0 unspecified atom stereocenters. The van der Waals surface area contributed by atoms with E-state index < -0.39 is 0 Å². The summed E-state index contributed by atoms with van der Waals surface area (Å²) in [6.07, 6.45) is 1.42. The lowest BCUT2D eigenvalue weighted by Gasteiger charge is -2.06. The molecule has 0 aliphatic heterocycles. The molecule has 0 aromatic carbocycles. The maximum absolute atomic E-state index is 11.9. The summed E-state index contributed by atoms with van der Waals surface area (Å²) in [7, 11) is 0. The van der Waals surface area contributed by atoms with Gasteiger partial charge in [-0.05, 0) is 34.9 Å². The number of pyridine rings is 1. The predicted octanol–water partition coefficient (Wildman–Crippen LogP) is 2.62. The zero-order valence-corrected chi connectivity index (χ0v) is 11.3. The molecule has 18 heavy (non-hydrogen) atoms. The number of amides is 1. The van der Waals surface area contributed by atoms with Gasteiger partial charge in [-0.1, -0.05) is 11.6 Å². The van der Waals surface area contributed by atoms with Crippen LogP contribution in [0.5, 0.6) is 0 Å². The molecule has 1 amide bonds. The third kappa shape index (κ3) is 2.80. The summed E-state index contributed by atoms with van der Waals surface area (Å²) in [6, 6.07) is 1.52. The van der Waals surface area contributed by atoms with Gasteiger partial charge in [-0.25, -0.2) is 4.98 Å². The van der Waals surface area contributed by atoms with E-state index in [2.05, 4.69) is 10.3 Å². The average Bonchev–Trinajstić information content (AvgIpc) is 2.75. The molecule has 0 aliphatic rings. The molecule has 94 valence electrons. The number of nitrogen functional groups attached to an aromatic ring is 1. The number of aryl methyl sites for hydroxylation is 1. The number of hydrogen-bond acceptors (Lipinski definition) is 4. The molecule has 4 nitrogen and oxygen atoms in total. The molecule has 6 heteroatoms. The second-order valence-corrected chi connectivity index (χ2v) is 4.97. The van der Waals surface area contributed by atoms with Crippen LogP contribution in [-0.4, -0.2) is 10.9 Å². The number of carbonyl (C=O) groups excluding carboxylic acids is 1. The standard InChI is InChI=1S/C12H12ClN3OS/c1-7-5-18-6-8(7)3-16-12(17)10-2-9(14)4-15-11(10)13/h2,4-6H,3,14H2,1H3,(H,16,17). The van der Waals surface area contributed by atoms with E-state index in [4.69, 9.17) is 17.3 Å². The van der Waals surface area contributed by atoms with Gasteiger partial charge >= 0.3 is 0 Å². The molecule has 2 aromatic rings. The smallest absolute Gasteiger partial charge is 0.254 e. The number of nitrogens with two attached hydrogens (primary N) is 1. The summed E-state index contributed by atoms with van der Waals surface area (Å²) < 4.78 is 0. The van der Waals surface area contributed by atoms with Crippen LogP contribution in [0.2, 0.25) is 5.15 Å². The lowest BCUT2D eigenvalue weighted by molar-refractivity contribution is 0.0951. The quantitative estimate of drug-likeness (QED) is 0.850. The van der Waals surface area contributed by atoms with Gasteiger partial charge in [0, 0.05) is 6.54 Å². The first-order chi connectivity index (χ1) is 8.58. The first kappa shape index (κ1) is 12.9. The maximum atomic E-state index is 11.9. The molecule has 3 N–H and O–H groups in total. The highest BCUT2D eigenvalue weighted by Crippen LogP contribution is 2.17. The van der Waals surface area contributed by atoms with Crippen molar-refractivity contribution in [3.8, 4) is 0 Å². The van der Waals surface area contributed by atoms with Gasteiger partial charge in [-0.2, -0.15) is 11.3 Å². The summed E-state index contributed by atoms with van der Waals surface area (Å²) in [5, 5.41) is 7.00. The van der Waals surface area contributed by atoms with Crippen molar-refractivity contribution in [2.24, 2.45) is 0 Å². The van der Waals surface area contributed by atoms with Crippen molar-refractivity contribution < 1.29 is 4.79 Å². The highest BCUT2D eigenvalue weighted by Gasteiger charge is 2.12. The van der Waals surface area contributed by atoms with Crippen molar-refractivity contribution in [2.75, 3.05) is 5.73 Å². The second-order valence-electron chi connectivity index (χ2n) is 3.87. The monoisotopic (exact) mass is 281 g/mol. The third-order valence-electron chi connectivity index (χ3n) is 2.51. The topological polar surface area (TPSA) is 68.0 Å². The molecule has 0 atom stereocenters. The molecule has 0 aliphatic carbocycles. The molecule has 2 heterocycles. The van der Waals surface area contributed by atoms with Gasteiger partial charge in [0.25, 0.3) is 5.91 Å². The van der Waals surface area contributed by atoms with E-state index >= 15 is 0 Å². The number of carbonyl (C=O) groups is 1. The van der Waals surface area contributed by atoms with E-state index in [-0.39, 0.29) is 11.1 Å². The Labute approximate surface area is 114 Å². The third-order valence-corrected chi connectivity index (χ3v) is 3.72. The minimum atomic E-state index is -0.273. The zero-order valence-electron chi connectivity index (χ0n) is 9.74. The summed E-state index contributed by atoms with van der Waals surface area (Å²) >= 11 is 7.47. The number of hydrogen-bond donors (Lipinski definition) is 2. The summed E-state index contributed by atoms with van der Waals surface area (Å²) in [5.41, 5.74) is 8.55. The first-order valence-corrected chi connectivity index (χ1v) is 6.61. The Kier molecular flexibility index (Phi) is 3.84. The van der Waals surface area contributed by atoms with E-state index in [1.165, 1.54) is 12.3 Å². The molecule has 0 fully saturated rings. The lowest BCUT2D eigenvalue weighted by Crippen LogP contribution is -2.23. The van der Waals surface area contributed by atoms with Crippen molar-refractivity contribution in [3.63, 3.8) is 0 Å². The van der Waals surface area contributed by atoms with E-state index in [0.29, 0.717) is 17.8 Å². The van der Waals surface area contributed by atoms with Crippen LogP contribution >= 0.6 is 22.9 Å². The van der Waals surface area contributed by atoms with Crippen LogP contribution in [-0.2, 0) is 6.54 Å². The van der Waals surface area contributed by atoms with Gasteiger partial charge in [0.05, 0.1) is 17.4 Å². The first-order valence-electron chi connectivity index (χ1n) is 5.29. The second kappa shape index (κ2) is 5.37. The van der Waals surface area contributed by atoms with Gasteiger partial charge in [0.2, 0.25) is 0 Å². The Balaban J connectivity index is 2.08. The van der Waals surface area contributed by atoms with Crippen molar-refractivity contribution in [3.05, 3.63) is 44.9 Å². The van der Waals surface area contributed by atoms with Crippen molar-refractivity contribution in [1.82, 2.24) is 10.3 Å². The van der Waals surface area contributed by atoms with Gasteiger partial charge < -0.3 is 11.1 Å². The van der Waals surface area contributed by atoms with Crippen molar-refractivity contribution in [2.45, 2.75) is 13.5 Å². The fourth-order valence-corrected chi connectivity index (χ4v) is 2.51. The Morgan fingerprint density at radius 1 is 1.56 bits per heavy atom. The molecular formula is C12H12ClN3OS. The van der Waals surface area contributed by atoms with E-state index in [1.807, 2.05) is 17.7 Å². The zero-order chi connectivity index (χ0) is 13.1. The molecule has 0 bridgehead atoms.